The Morgan fingerprint density at radius 1 is 1.25 bits per heavy atom. The molecule has 2 rings (SSSR count). The third-order valence-corrected chi connectivity index (χ3v) is 3.58. The zero-order valence-electron chi connectivity index (χ0n) is 10.1. The Morgan fingerprint density at radius 2 is 2.00 bits per heavy atom. The topological polar surface area (TPSA) is 29.3 Å². The van der Waals surface area contributed by atoms with Crippen LogP contribution in [0.5, 0.6) is 0 Å². The highest BCUT2D eigenvalue weighted by atomic mass is 15.2. The average molecular weight is 218 g/mol. The van der Waals surface area contributed by atoms with Gasteiger partial charge in [-0.15, -0.1) is 0 Å². The number of nitrogens with zero attached hydrogens (tertiary/aromatic N) is 1. The first-order valence-electron chi connectivity index (χ1n) is 6.29. The molecule has 2 N–H and O–H groups in total. The van der Waals surface area contributed by atoms with Crippen LogP contribution in [0.4, 0.5) is 0 Å². The summed E-state index contributed by atoms with van der Waals surface area (Å²) in [5.41, 5.74) is 7.44. The van der Waals surface area contributed by atoms with Crippen LogP contribution < -0.4 is 5.73 Å². The lowest BCUT2D eigenvalue weighted by Crippen LogP contribution is -2.48. The van der Waals surface area contributed by atoms with E-state index in [0.29, 0.717) is 12.1 Å². The van der Waals surface area contributed by atoms with E-state index in [2.05, 4.69) is 42.2 Å². The summed E-state index contributed by atoms with van der Waals surface area (Å²) in [5.74, 6) is 0. The summed E-state index contributed by atoms with van der Waals surface area (Å²) in [4.78, 5) is 2.53. The number of nitrogens with two attached hydrogens (primary N) is 1. The van der Waals surface area contributed by atoms with Gasteiger partial charge in [-0.05, 0) is 31.7 Å². The van der Waals surface area contributed by atoms with E-state index in [-0.39, 0.29) is 0 Å². The highest BCUT2D eigenvalue weighted by Gasteiger charge is 2.22. The molecule has 0 bridgehead atoms. The maximum absolute atomic E-state index is 6.01. The first-order valence-corrected chi connectivity index (χ1v) is 6.29. The second kappa shape index (κ2) is 5.46. The molecule has 0 aliphatic carbocycles. The van der Waals surface area contributed by atoms with E-state index in [9.17, 15) is 0 Å². The number of hydrogen-bond donors (Lipinski definition) is 1. The monoisotopic (exact) mass is 218 g/mol. The molecule has 2 unspecified atom stereocenters. The lowest BCUT2D eigenvalue weighted by Gasteiger charge is -2.36. The van der Waals surface area contributed by atoms with Crippen molar-refractivity contribution in [3.63, 3.8) is 0 Å². The van der Waals surface area contributed by atoms with Crippen LogP contribution in [0.1, 0.15) is 25.3 Å². The Morgan fingerprint density at radius 3 is 2.75 bits per heavy atom. The van der Waals surface area contributed by atoms with Gasteiger partial charge in [0.25, 0.3) is 0 Å². The maximum atomic E-state index is 6.01. The molecule has 0 radical (unpaired) electrons. The highest BCUT2D eigenvalue weighted by molar-refractivity contribution is 5.14. The lowest BCUT2D eigenvalue weighted by atomic mass is 9.99. The Kier molecular flexibility index (Phi) is 3.97. The van der Waals surface area contributed by atoms with Crippen molar-refractivity contribution in [1.82, 2.24) is 4.90 Å². The first kappa shape index (κ1) is 11.6. The Labute approximate surface area is 98.4 Å². The number of rotatable bonds is 3. The average Bonchev–Trinajstić information content (AvgIpc) is 2.32. The second-order valence-electron chi connectivity index (χ2n) is 4.92. The Balaban J connectivity index is 1.85. The molecule has 0 spiro atoms. The minimum absolute atomic E-state index is 0.381. The number of likely N-dealkylation sites (tertiary alicyclic amines) is 1. The molecule has 1 aromatic carbocycles. The summed E-state index contributed by atoms with van der Waals surface area (Å²) in [5, 5.41) is 0. The van der Waals surface area contributed by atoms with E-state index in [1.54, 1.807) is 0 Å². The van der Waals surface area contributed by atoms with Gasteiger partial charge in [-0.1, -0.05) is 30.3 Å². The molecule has 0 saturated carbocycles. The lowest BCUT2D eigenvalue weighted by molar-refractivity contribution is 0.147. The van der Waals surface area contributed by atoms with Gasteiger partial charge in [-0.25, -0.2) is 0 Å². The van der Waals surface area contributed by atoms with E-state index in [1.165, 1.54) is 18.4 Å². The van der Waals surface area contributed by atoms with Gasteiger partial charge < -0.3 is 5.73 Å². The third kappa shape index (κ3) is 3.06. The van der Waals surface area contributed by atoms with Crippen LogP contribution in [0.2, 0.25) is 0 Å². The highest BCUT2D eigenvalue weighted by Crippen LogP contribution is 2.16. The van der Waals surface area contributed by atoms with Crippen LogP contribution >= 0.6 is 0 Å². The molecule has 1 fully saturated rings. The summed E-state index contributed by atoms with van der Waals surface area (Å²) < 4.78 is 0. The minimum atomic E-state index is 0.381. The van der Waals surface area contributed by atoms with Gasteiger partial charge in [0.2, 0.25) is 0 Å². The molecule has 0 aromatic heterocycles. The fourth-order valence-corrected chi connectivity index (χ4v) is 2.44. The van der Waals surface area contributed by atoms with Crippen LogP contribution in [0.3, 0.4) is 0 Å². The van der Waals surface area contributed by atoms with Crippen LogP contribution in [0.15, 0.2) is 30.3 Å². The van der Waals surface area contributed by atoms with Crippen molar-refractivity contribution < 1.29 is 0 Å². The Bertz CT molecular complexity index is 310. The molecule has 0 amide bonds. The zero-order chi connectivity index (χ0) is 11.4. The molecular formula is C14H22N2. The van der Waals surface area contributed by atoms with Gasteiger partial charge in [0, 0.05) is 25.2 Å². The zero-order valence-corrected chi connectivity index (χ0v) is 10.1. The SMILES string of the molecule is CC1CCC(N)CN1CCc1ccccc1. The fraction of sp³-hybridized carbons (Fsp3) is 0.571. The molecule has 88 valence electrons. The predicted octanol–water partition coefficient (Wildman–Crippen LogP) is 2.04. The fourth-order valence-electron chi connectivity index (χ4n) is 2.44. The summed E-state index contributed by atoms with van der Waals surface area (Å²) in [6.45, 7) is 4.52. The maximum Gasteiger partial charge on any atom is 0.0168 e. The van der Waals surface area contributed by atoms with Crippen molar-refractivity contribution in [2.45, 2.75) is 38.3 Å². The van der Waals surface area contributed by atoms with E-state index < -0.39 is 0 Å². The van der Waals surface area contributed by atoms with Crippen LogP contribution in [-0.2, 0) is 6.42 Å². The second-order valence-corrected chi connectivity index (χ2v) is 4.92. The normalized spacial score (nSPS) is 26.9. The third-order valence-electron chi connectivity index (χ3n) is 3.58. The molecule has 1 saturated heterocycles. The molecule has 2 heteroatoms. The summed E-state index contributed by atoms with van der Waals surface area (Å²) in [7, 11) is 0. The predicted molar refractivity (Wildman–Crippen MR) is 68.4 cm³/mol. The van der Waals surface area contributed by atoms with E-state index in [0.717, 1.165) is 19.5 Å². The van der Waals surface area contributed by atoms with Gasteiger partial charge in [0.1, 0.15) is 0 Å². The first-order chi connectivity index (χ1) is 7.75. The quantitative estimate of drug-likeness (QED) is 0.841. The number of hydrogen-bond acceptors (Lipinski definition) is 2. The molecule has 1 aromatic rings. The molecular weight excluding hydrogens is 196 g/mol. The molecule has 1 aliphatic rings. The minimum Gasteiger partial charge on any atom is -0.327 e. The standard InChI is InChI=1S/C14H22N2/c1-12-7-8-14(15)11-16(12)10-9-13-5-3-2-4-6-13/h2-6,12,14H,7-11,15H2,1H3. The van der Waals surface area contributed by atoms with Crippen LogP contribution in [0.25, 0.3) is 0 Å². The molecule has 1 heterocycles. The van der Waals surface area contributed by atoms with E-state index >= 15 is 0 Å². The Hall–Kier alpha value is -0.860. The summed E-state index contributed by atoms with van der Waals surface area (Å²) >= 11 is 0. The van der Waals surface area contributed by atoms with Crippen molar-refractivity contribution in [1.29, 1.82) is 0 Å². The van der Waals surface area contributed by atoms with Gasteiger partial charge in [-0.3, -0.25) is 4.90 Å². The molecule has 2 nitrogen and oxygen atoms in total. The van der Waals surface area contributed by atoms with Crippen molar-refractivity contribution in [2.24, 2.45) is 5.73 Å². The summed E-state index contributed by atoms with van der Waals surface area (Å²) in [6, 6.07) is 11.8. The van der Waals surface area contributed by atoms with Crippen molar-refractivity contribution in [3.05, 3.63) is 35.9 Å². The van der Waals surface area contributed by atoms with E-state index in [1.807, 2.05) is 0 Å². The van der Waals surface area contributed by atoms with Gasteiger partial charge >= 0.3 is 0 Å². The van der Waals surface area contributed by atoms with Crippen molar-refractivity contribution >= 4 is 0 Å². The number of benzene rings is 1. The van der Waals surface area contributed by atoms with Crippen molar-refractivity contribution in [3.8, 4) is 0 Å². The van der Waals surface area contributed by atoms with Gasteiger partial charge in [0.15, 0.2) is 0 Å². The smallest absolute Gasteiger partial charge is 0.0168 e. The largest absolute Gasteiger partial charge is 0.327 e. The van der Waals surface area contributed by atoms with Crippen LogP contribution in [0, 0.1) is 0 Å². The molecule has 2 atom stereocenters. The van der Waals surface area contributed by atoms with E-state index in [4.69, 9.17) is 5.73 Å². The van der Waals surface area contributed by atoms with Crippen LogP contribution in [-0.4, -0.2) is 30.1 Å². The van der Waals surface area contributed by atoms with Gasteiger partial charge in [0.05, 0.1) is 0 Å². The molecule has 16 heavy (non-hydrogen) atoms. The summed E-state index contributed by atoms with van der Waals surface area (Å²) in [6.07, 6.45) is 3.57. The van der Waals surface area contributed by atoms with Crippen molar-refractivity contribution in [2.75, 3.05) is 13.1 Å². The number of piperidine rings is 1. The molecule has 1 aliphatic heterocycles. The van der Waals surface area contributed by atoms with Gasteiger partial charge in [-0.2, -0.15) is 0 Å².